The first-order valence-corrected chi connectivity index (χ1v) is 4.96. The van der Waals surface area contributed by atoms with Crippen molar-refractivity contribution in [3.05, 3.63) is 0 Å². The second kappa shape index (κ2) is 2.71. The van der Waals surface area contributed by atoms with E-state index in [0.717, 1.165) is 6.61 Å². The minimum absolute atomic E-state index is 0.0851. The average Bonchev–Trinajstić information content (AvgIpc) is 2.29. The topological polar surface area (TPSA) is 18.5 Å². The van der Waals surface area contributed by atoms with Crippen LogP contribution in [-0.2, 0) is 9.47 Å². The molecule has 2 aliphatic rings. The molecule has 0 aromatic rings. The Morgan fingerprint density at radius 2 is 1.67 bits per heavy atom. The molecule has 2 heteroatoms. The molecule has 1 saturated heterocycles. The van der Waals surface area contributed by atoms with Crippen LogP contribution >= 0.6 is 0 Å². The van der Waals surface area contributed by atoms with Gasteiger partial charge in [-0.15, -0.1) is 0 Å². The second-order valence-electron chi connectivity index (χ2n) is 4.53. The monoisotopic (exact) mass is 170 g/mol. The third kappa shape index (κ3) is 1.50. The van der Waals surface area contributed by atoms with E-state index in [1.165, 1.54) is 32.1 Å². The Morgan fingerprint density at radius 3 is 2.17 bits per heavy atom. The van der Waals surface area contributed by atoms with Gasteiger partial charge in [0.25, 0.3) is 0 Å². The van der Waals surface area contributed by atoms with Gasteiger partial charge in [0.05, 0.1) is 12.2 Å². The highest BCUT2D eigenvalue weighted by Gasteiger charge is 2.45. The molecule has 70 valence electrons. The molecular formula is C10H18O2. The van der Waals surface area contributed by atoms with Crippen LogP contribution in [0.5, 0.6) is 0 Å². The fraction of sp³-hybridized carbons (Fsp3) is 1.00. The van der Waals surface area contributed by atoms with Crippen molar-refractivity contribution in [1.29, 1.82) is 0 Å². The van der Waals surface area contributed by atoms with E-state index in [-0.39, 0.29) is 11.4 Å². The lowest BCUT2D eigenvalue weighted by atomic mass is 9.85. The summed E-state index contributed by atoms with van der Waals surface area (Å²) in [5, 5.41) is 0. The van der Waals surface area contributed by atoms with Crippen molar-refractivity contribution in [2.45, 2.75) is 57.3 Å². The molecule has 1 saturated carbocycles. The van der Waals surface area contributed by atoms with Crippen LogP contribution < -0.4 is 0 Å². The van der Waals surface area contributed by atoms with Crippen LogP contribution in [-0.4, -0.2) is 18.0 Å². The summed E-state index contributed by atoms with van der Waals surface area (Å²) in [6.07, 6.45) is 6.36. The Balaban J connectivity index is 2.03. The largest absolute Gasteiger partial charge is 0.348 e. The van der Waals surface area contributed by atoms with Gasteiger partial charge in [-0.05, 0) is 26.7 Å². The van der Waals surface area contributed by atoms with Gasteiger partial charge < -0.3 is 9.47 Å². The van der Waals surface area contributed by atoms with E-state index < -0.39 is 0 Å². The van der Waals surface area contributed by atoms with E-state index in [2.05, 4.69) is 0 Å². The van der Waals surface area contributed by atoms with Gasteiger partial charge in [0.15, 0.2) is 5.79 Å². The zero-order valence-electron chi connectivity index (χ0n) is 8.06. The summed E-state index contributed by atoms with van der Waals surface area (Å²) in [4.78, 5) is 0. The molecule has 1 aliphatic heterocycles. The zero-order chi connectivity index (χ0) is 8.66. The lowest BCUT2D eigenvalue weighted by Crippen LogP contribution is -2.36. The summed E-state index contributed by atoms with van der Waals surface area (Å²) in [6, 6.07) is 0. The molecule has 12 heavy (non-hydrogen) atoms. The van der Waals surface area contributed by atoms with Crippen LogP contribution in [0.2, 0.25) is 0 Å². The lowest BCUT2D eigenvalue weighted by molar-refractivity contribution is -0.167. The molecule has 1 heterocycles. The Hall–Kier alpha value is -0.0800. The van der Waals surface area contributed by atoms with Crippen molar-refractivity contribution in [2.24, 2.45) is 0 Å². The minimum Gasteiger partial charge on any atom is -0.348 e. The Labute approximate surface area is 74.2 Å². The molecule has 0 atom stereocenters. The first kappa shape index (κ1) is 8.52. The second-order valence-corrected chi connectivity index (χ2v) is 4.53. The van der Waals surface area contributed by atoms with E-state index in [4.69, 9.17) is 9.47 Å². The van der Waals surface area contributed by atoms with Crippen LogP contribution in [0.1, 0.15) is 46.0 Å². The molecule has 0 bridgehead atoms. The average molecular weight is 170 g/mol. The van der Waals surface area contributed by atoms with Gasteiger partial charge in [-0.25, -0.2) is 0 Å². The third-order valence-corrected chi connectivity index (χ3v) is 2.91. The maximum atomic E-state index is 5.96. The predicted octanol–water partition coefficient (Wildman–Crippen LogP) is 2.47. The minimum atomic E-state index is -0.336. The Bertz CT molecular complexity index is 169. The van der Waals surface area contributed by atoms with E-state index in [1.807, 2.05) is 13.8 Å². The number of hydrogen-bond acceptors (Lipinski definition) is 2. The van der Waals surface area contributed by atoms with Crippen molar-refractivity contribution in [2.75, 3.05) is 6.61 Å². The van der Waals surface area contributed by atoms with E-state index in [0.29, 0.717) is 0 Å². The highest BCUT2D eigenvalue weighted by Crippen LogP contribution is 2.40. The first-order valence-electron chi connectivity index (χ1n) is 4.96. The van der Waals surface area contributed by atoms with Crippen molar-refractivity contribution in [1.82, 2.24) is 0 Å². The standard InChI is InChI=1S/C10H18O2/c1-9(2)11-8-10(12-9)6-4-3-5-7-10/h3-8H2,1-2H3. The van der Waals surface area contributed by atoms with Crippen LogP contribution in [0.25, 0.3) is 0 Å². The maximum absolute atomic E-state index is 5.96. The van der Waals surface area contributed by atoms with Gasteiger partial charge >= 0.3 is 0 Å². The third-order valence-electron chi connectivity index (χ3n) is 2.91. The van der Waals surface area contributed by atoms with Gasteiger partial charge in [0.1, 0.15) is 0 Å². The van der Waals surface area contributed by atoms with Gasteiger partial charge in [-0.2, -0.15) is 0 Å². The molecular weight excluding hydrogens is 152 g/mol. The van der Waals surface area contributed by atoms with Crippen LogP contribution in [0, 0.1) is 0 Å². The fourth-order valence-corrected chi connectivity index (χ4v) is 2.33. The van der Waals surface area contributed by atoms with Crippen molar-refractivity contribution < 1.29 is 9.47 Å². The summed E-state index contributed by atoms with van der Waals surface area (Å²) in [6.45, 7) is 4.83. The summed E-state index contributed by atoms with van der Waals surface area (Å²) in [5.74, 6) is -0.336. The molecule has 2 nitrogen and oxygen atoms in total. The first-order chi connectivity index (χ1) is 5.62. The van der Waals surface area contributed by atoms with Crippen molar-refractivity contribution >= 4 is 0 Å². The summed E-state index contributed by atoms with van der Waals surface area (Å²) >= 11 is 0. The highest BCUT2D eigenvalue weighted by atomic mass is 16.8. The summed E-state index contributed by atoms with van der Waals surface area (Å²) < 4.78 is 11.6. The molecule has 2 fully saturated rings. The number of rotatable bonds is 0. The van der Waals surface area contributed by atoms with Gasteiger partial charge in [-0.1, -0.05) is 19.3 Å². The molecule has 1 aliphatic carbocycles. The van der Waals surface area contributed by atoms with Crippen LogP contribution in [0.3, 0.4) is 0 Å². The zero-order valence-corrected chi connectivity index (χ0v) is 8.06. The highest BCUT2D eigenvalue weighted by molar-refractivity contribution is 4.90. The van der Waals surface area contributed by atoms with E-state index >= 15 is 0 Å². The summed E-state index contributed by atoms with van der Waals surface area (Å²) in [7, 11) is 0. The van der Waals surface area contributed by atoms with Gasteiger partial charge in [0.2, 0.25) is 0 Å². The molecule has 0 N–H and O–H groups in total. The van der Waals surface area contributed by atoms with E-state index in [9.17, 15) is 0 Å². The molecule has 0 radical (unpaired) electrons. The van der Waals surface area contributed by atoms with Crippen LogP contribution in [0.4, 0.5) is 0 Å². The maximum Gasteiger partial charge on any atom is 0.163 e. The molecule has 0 unspecified atom stereocenters. The smallest absolute Gasteiger partial charge is 0.163 e. The van der Waals surface area contributed by atoms with Gasteiger partial charge in [0, 0.05) is 0 Å². The van der Waals surface area contributed by atoms with Crippen LogP contribution in [0.15, 0.2) is 0 Å². The Morgan fingerprint density at radius 1 is 1.00 bits per heavy atom. The number of hydrogen-bond donors (Lipinski definition) is 0. The fourth-order valence-electron chi connectivity index (χ4n) is 2.33. The normalized spacial score (nSPS) is 32.5. The molecule has 2 rings (SSSR count). The van der Waals surface area contributed by atoms with Gasteiger partial charge in [-0.3, -0.25) is 0 Å². The SMILES string of the molecule is CC1(C)OCC2(CCCCC2)O1. The molecule has 0 amide bonds. The molecule has 0 aromatic heterocycles. The van der Waals surface area contributed by atoms with Crippen molar-refractivity contribution in [3.8, 4) is 0 Å². The Kier molecular flexibility index (Phi) is 1.92. The quantitative estimate of drug-likeness (QED) is 0.556. The molecule has 1 spiro atoms. The number of ether oxygens (including phenoxy) is 2. The predicted molar refractivity (Wildman–Crippen MR) is 46.9 cm³/mol. The van der Waals surface area contributed by atoms with Crippen molar-refractivity contribution in [3.63, 3.8) is 0 Å². The molecule has 0 aromatic carbocycles. The lowest BCUT2D eigenvalue weighted by Gasteiger charge is -2.32. The summed E-state index contributed by atoms with van der Waals surface area (Å²) in [5.41, 5.74) is 0.0851. The van der Waals surface area contributed by atoms with E-state index in [1.54, 1.807) is 0 Å².